The fourth-order valence-corrected chi connectivity index (χ4v) is 4.55. The Kier molecular flexibility index (Phi) is 5.67. The van der Waals surface area contributed by atoms with Crippen molar-refractivity contribution in [2.75, 3.05) is 18.5 Å². The molecule has 5 heteroatoms. The van der Waals surface area contributed by atoms with Crippen LogP contribution in [0.2, 0.25) is 0 Å². The third kappa shape index (κ3) is 4.38. The van der Waals surface area contributed by atoms with E-state index in [1.165, 1.54) is 16.7 Å². The summed E-state index contributed by atoms with van der Waals surface area (Å²) in [5.74, 6) is 0.896. The molecule has 0 amide bonds. The van der Waals surface area contributed by atoms with Gasteiger partial charge in [0.05, 0.1) is 5.39 Å². The Balaban J connectivity index is 1.67. The molecule has 0 aliphatic carbocycles. The van der Waals surface area contributed by atoms with Crippen LogP contribution in [0.1, 0.15) is 44.7 Å². The van der Waals surface area contributed by atoms with E-state index in [2.05, 4.69) is 92.3 Å². The van der Waals surface area contributed by atoms with Crippen LogP contribution in [0.4, 0.5) is 5.82 Å². The van der Waals surface area contributed by atoms with E-state index in [9.17, 15) is 0 Å². The molecule has 1 saturated heterocycles. The molecule has 0 atom stereocenters. The SMILES string of the molecule is Cc1cccc(-n2cc(-c3ccc(C(C)(C)C)cc3)c3c(NC4CCOCC4)ncnc32)c1. The van der Waals surface area contributed by atoms with Gasteiger partial charge in [-0.2, -0.15) is 0 Å². The lowest BCUT2D eigenvalue weighted by Gasteiger charge is -2.24. The van der Waals surface area contributed by atoms with Gasteiger partial charge in [-0.15, -0.1) is 0 Å². The summed E-state index contributed by atoms with van der Waals surface area (Å²) >= 11 is 0. The zero-order valence-corrected chi connectivity index (χ0v) is 19.9. The van der Waals surface area contributed by atoms with Crippen LogP contribution in [0.5, 0.6) is 0 Å². The molecule has 5 rings (SSSR count). The van der Waals surface area contributed by atoms with Crippen molar-refractivity contribution in [1.29, 1.82) is 0 Å². The highest BCUT2D eigenvalue weighted by atomic mass is 16.5. The van der Waals surface area contributed by atoms with Gasteiger partial charge in [-0.1, -0.05) is 57.2 Å². The predicted octanol–water partition coefficient (Wildman–Crippen LogP) is 6.28. The first-order valence-electron chi connectivity index (χ1n) is 11.8. The summed E-state index contributed by atoms with van der Waals surface area (Å²) in [6.45, 7) is 10.4. The molecule has 1 aliphatic rings. The van der Waals surface area contributed by atoms with Crippen molar-refractivity contribution in [3.05, 3.63) is 72.2 Å². The van der Waals surface area contributed by atoms with Crippen LogP contribution in [0.3, 0.4) is 0 Å². The summed E-state index contributed by atoms with van der Waals surface area (Å²) in [4.78, 5) is 9.42. The first kappa shape index (κ1) is 21.7. The van der Waals surface area contributed by atoms with Crippen molar-refractivity contribution in [3.63, 3.8) is 0 Å². The maximum absolute atomic E-state index is 5.55. The summed E-state index contributed by atoms with van der Waals surface area (Å²) in [6.07, 6.45) is 5.84. The zero-order valence-electron chi connectivity index (χ0n) is 19.9. The molecule has 0 radical (unpaired) electrons. The van der Waals surface area contributed by atoms with Crippen LogP contribution in [0.25, 0.3) is 27.8 Å². The van der Waals surface area contributed by atoms with Crippen molar-refractivity contribution < 1.29 is 4.74 Å². The zero-order chi connectivity index (χ0) is 23.0. The number of hydrogen-bond acceptors (Lipinski definition) is 4. The lowest BCUT2D eigenvalue weighted by molar-refractivity contribution is 0.0904. The van der Waals surface area contributed by atoms with E-state index in [1.54, 1.807) is 6.33 Å². The van der Waals surface area contributed by atoms with Gasteiger partial charge in [-0.05, 0) is 54.0 Å². The predicted molar refractivity (Wildman–Crippen MR) is 135 cm³/mol. The Bertz CT molecular complexity index is 1260. The molecule has 3 heterocycles. The molecule has 1 N–H and O–H groups in total. The van der Waals surface area contributed by atoms with Gasteiger partial charge in [-0.25, -0.2) is 9.97 Å². The highest BCUT2D eigenvalue weighted by Gasteiger charge is 2.21. The third-order valence-electron chi connectivity index (χ3n) is 6.49. The highest BCUT2D eigenvalue weighted by molar-refractivity contribution is 6.02. The van der Waals surface area contributed by atoms with Crippen LogP contribution >= 0.6 is 0 Å². The number of hydrogen-bond donors (Lipinski definition) is 1. The molecule has 1 fully saturated rings. The summed E-state index contributed by atoms with van der Waals surface area (Å²) in [7, 11) is 0. The fourth-order valence-electron chi connectivity index (χ4n) is 4.55. The average Bonchev–Trinajstić information content (AvgIpc) is 3.20. The second-order valence-corrected chi connectivity index (χ2v) is 10.0. The van der Waals surface area contributed by atoms with Crippen molar-refractivity contribution in [3.8, 4) is 16.8 Å². The van der Waals surface area contributed by atoms with Gasteiger partial charge in [0.25, 0.3) is 0 Å². The second-order valence-electron chi connectivity index (χ2n) is 10.0. The number of rotatable bonds is 4. The van der Waals surface area contributed by atoms with Gasteiger partial charge < -0.3 is 14.6 Å². The lowest BCUT2D eigenvalue weighted by Crippen LogP contribution is -2.28. The minimum atomic E-state index is 0.118. The number of aromatic nitrogens is 3. The first-order chi connectivity index (χ1) is 15.9. The van der Waals surface area contributed by atoms with E-state index in [-0.39, 0.29) is 5.41 Å². The van der Waals surface area contributed by atoms with Crippen LogP contribution in [0, 0.1) is 6.92 Å². The van der Waals surface area contributed by atoms with Gasteiger partial charge in [0.2, 0.25) is 0 Å². The first-order valence-corrected chi connectivity index (χ1v) is 11.8. The molecular weight excluding hydrogens is 408 g/mol. The maximum atomic E-state index is 5.55. The van der Waals surface area contributed by atoms with Crippen LogP contribution in [0.15, 0.2) is 61.1 Å². The summed E-state index contributed by atoms with van der Waals surface area (Å²) in [6, 6.07) is 17.8. The molecule has 0 saturated carbocycles. The molecule has 170 valence electrons. The van der Waals surface area contributed by atoms with Gasteiger partial charge in [0.15, 0.2) is 5.65 Å². The largest absolute Gasteiger partial charge is 0.381 e. The van der Waals surface area contributed by atoms with Crippen LogP contribution in [-0.4, -0.2) is 33.8 Å². The van der Waals surface area contributed by atoms with Crippen molar-refractivity contribution in [2.45, 2.75) is 52.0 Å². The molecule has 0 spiro atoms. The van der Waals surface area contributed by atoms with Crippen LogP contribution in [-0.2, 0) is 10.2 Å². The van der Waals surface area contributed by atoms with E-state index >= 15 is 0 Å². The number of nitrogens with one attached hydrogen (secondary N) is 1. The minimum absolute atomic E-state index is 0.118. The van der Waals surface area contributed by atoms with Gasteiger partial charge in [-0.3, -0.25) is 0 Å². The molecule has 4 aromatic rings. The molecule has 5 nitrogen and oxygen atoms in total. The number of nitrogens with zero attached hydrogens (tertiary/aromatic N) is 3. The number of ether oxygens (including phenoxy) is 1. The van der Waals surface area contributed by atoms with Crippen molar-refractivity contribution in [1.82, 2.24) is 14.5 Å². The van der Waals surface area contributed by atoms with Crippen molar-refractivity contribution >= 4 is 16.9 Å². The summed E-state index contributed by atoms with van der Waals surface area (Å²) in [5, 5.41) is 4.77. The molecule has 2 aromatic heterocycles. The topological polar surface area (TPSA) is 52.0 Å². The average molecular weight is 441 g/mol. The monoisotopic (exact) mass is 440 g/mol. The van der Waals surface area contributed by atoms with E-state index in [0.29, 0.717) is 6.04 Å². The highest BCUT2D eigenvalue weighted by Crippen LogP contribution is 2.37. The molecule has 0 unspecified atom stereocenters. The lowest BCUT2D eigenvalue weighted by atomic mass is 9.86. The van der Waals surface area contributed by atoms with E-state index in [1.807, 2.05) is 0 Å². The standard InChI is InChI=1S/C28H32N4O/c1-19-6-5-7-23(16-19)32-17-24(20-8-10-21(11-9-20)28(2,3)4)25-26(29-18-30-27(25)32)31-22-12-14-33-15-13-22/h5-11,16-18,22H,12-15H2,1-4H3,(H,29,30,31). The molecule has 1 aliphatic heterocycles. The number of fused-ring (bicyclic) bond motifs is 1. The Morgan fingerprint density at radius 1 is 1.00 bits per heavy atom. The quantitative estimate of drug-likeness (QED) is 0.405. The van der Waals surface area contributed by atoms with E-state index < -0.39 is 0 Å². The smallest absolute Gasteiger partial charge is 0.150 e. The fraction of sp³-hybridized carbons (Fsp3) is 0.357. The minimum Gasteiger partial charge on any atom is -0.381 e. The number of aryl methyl sites for hydroxylation is 1. The molecular formula is C28H32N4O. The molecule has 0 bridgehead atoms. The Hall–Kier alpha value is -3.18. The normalized spacial score (nSPS) is 15.2. The molecule has 33 heavy (non-hydrogen) atoms. The second kappa shape index (κ2) is 8.64. The molecule has 2 aromatic carbocycles. The Labute approximate surface area is 195 Å². The van der Waals surface area contributed by atoms with Crippen molar-refractivity contribution in [2.24, 2.45) is 0 Å². The Morgan fingerprint density at radius 2 is 1.76 bits per heavy atom. The maximum Gasteiger partial charge on any atom is 0.150 e. The van der Waals surface area contributed by atoms with Gasteiger partial charge in [0.1, 0.15) is 12.1 Å². The summed E-state index contributed by atoms with van der Waals surface area (Å²) < 4.78 is 7.74. The third-order valence-corrected chi connectivity index (χ3v) is 6.49. The van der Waals surface area contributed by atoms with E-state index in [0.717, 1.165) is 54.2 Å². The van der Waals surface area contributed by atoms with Crippen LogP contribution < -0.4 is 5.32 Å². The van der Waals surface area contributed by atoms with Gasteiger partial charge in [0, 0.05) is 36.7 Å². The number of anilines is 1. The van der Waals surface area contributed by atoms with E-state index in [4.69, 9.17) is 14.7 Å². The van der Waals surface area contributed by atoms with Gasteiger partial charge >= 0.3 is 0 Å². The number of benzene rings is 2. The summed E-state index contributed by atoms with van der Waals surface area (Å²) in [5.41, 5.74) is 7.00. The Morgan fingerprint density at radius 3 is 2.45 bits per heavy atom.